The van der Waals surface area contributed by atoms with Gasteiger partial charge in [-0.25, -0.2) is 0 Å². The summed E-state index contributed by atoms with van der Waals surface area (Å²) in [5, 5.41) is 6.73. The molecule has 0 atom stereocenters. The first-order valence-corrected chi connectivity index (χ1v) is 9.95. The van der Waals surface area contributed by atoms with Crippen molar-refractivity contribution in [3.63, 3.8) is 0 Å². The van der Waals surface area contributed by atoms with Crippen molar-refractivity contribution in [3.8, 4) is 11.5 Å². The standard InChI is InChI=1S/C23H33N3O3/c1-18-10-11-20(22(15-18)29-14-13-27-3)17-26-23(24-2)25-12-6-8-19-7-5-9-21(16-19)28-4/h5,7,9-11,15-16H,6,8,12-14,17H2,1-4H3,(H2,24,25,26). The number of methoxy groups -OCH3 is 2. The smallest absolute Gasteiger partial charge is 0.191 e. The van der Waals surface area contributed by atoms with Gasteiger partial charge in [0.1, 0.15) is 18.1 Å². The molecule has 0 spiro atoms. The van der Waals surface area contributed by atoms with Crippen LogP contribution in [-0.2, 0) is 17.7 Å². The van der Waals surface area contributed by atoms with Gasteiger partial charge >= 0.3 is 0 Å². The van der Waals surface area contributed by atoms with E-state index in [1.807, 2.05) is 12.1 Å². The highest BCUT2D eigenvalue weighted by Gasteiger charge is 2.06. The second-order valence-electron chi connectivity index (χ2n) is 6.76. The molecule has 2 aromatic rings. The van der Waals surface area contributed by atoms with Gasteiger partial charge in [0.2, 0.25) is 0 Å². The van der Waals surface area contributed by atoms with Crippen LogP contribution in [0.15, 0.2) is 47.5 Å². The van der Waals surface area contributed by atoms with E-state index in [-0.39, 0.29) is 0 Å². The molecule has 0 saturated carbocycles. The Morgan fingerprint density at radius 1 is 1.03 bits per heavy atom. The molecule has 2 N–H and O–H groups in total. The molecule has 6 nitrogen and oxygen atoms in total. The molecule has 0 saturated heterocycles. The number of nitrogens with one attached hydrogen (secondary N) is 2. The average Bonchev–Trinajstić information content (AvgIpc) is 2.74. The highest BCUT2D eigenvalue weighted by atomic mass is 16.5. The summed E-state index contributed by atoms with van der Waals surface area (Å²) in [6.45, 7) is 4.63. The molecule has 0 aliphatic heterocycles. The molecule has 158 valence electrons. The lowest BCUT2D eigenvalue weighted by Gasteiger charge is -2.15. The predicted octanol–water partition coefficient (Wildman–Crippen LogP) is 3.33. The van der Waals surface area contributed by atoms with E-state index < -0.39 is 0 Å². The van der Waals surface area contributed by atoms with Crippen molar-refractivity contribution in [1.82, 2.24) is 10.6 Å². The van der Waals surface area contributed by atoms with Gasteiger partial charge in [-0.05, 0) is 49.1 Å². The van der Waals surface area contributed by atoms with Crippen LogP contribution in [0.3, 0.4) is 0 Å². The van der Waals surface area contributed by atoms with E-state index >= 15 is 0 Å². The van der Waals surface area contributed by atoms with Gasteiger partial charge in [-0.15, -0.1) is 0 Å². The number of hydrogen-bond acceptors (Lipinski definition) is 4. The molecule has 2 aromatic carbocycles. The summed E-state index contributed by atoms with van der Waals surface area (Å²) in [4.78, 5) is 4.31. The lowest BCUT2D eigenvalue weighted by Crippen LogP contribution is -2.37. The summed E-state index contributed by atoms with van der Waals surface area (Å²) >= 11 is 0. The first kappa shape index (κ1) is 22.6. The van der Waals surface area contributed by atoms with Gasteiger partial charge < -0.3 is 24.8 Å². The average molecular weight is 400 g/mol. The molecular formula is C23H33N3O3. The molecule has 0 bridgehead atoms. The van der Waals surface area contributed by atoms with Crippen LogP contribution < -0.4 is 20.1 Å². The summed E-state index contributed by atoms with van der Waals surface area (Å²) < 4.78 is 16.2. The number of aryl methyl sites for hydroxylation is 2. The minimum absolute atomic E-state index is 0.532. The summed E-state index contributed by atoms with van der Waals surface area (Å²) in [6.07, 6.45) is 1.99. The maximum atomic E-state index is 5.86. The Bertz CT molecular complexity index is 778. The van der Waals surface area contributed by atoms with Crippen LogP contribution in [0.2, 0.25) is 0 Å². The van der Waals surface area contributed by atoms with Gasteiger partial charge in [0.05, 0.1) is 13.7 Å². The Kier molecular flexibility index (Phi) is 9.86. The highest BCUT2D eigenvalue weighted by Crippen LogP contribution is 2.20. The maximum Gasteiger partial charge on any atom is 0.191 e. The second kappa shape index (κ2) is 12.7. The lowest BCUT2D eigenvalue weighted by atomic mass is 10.1. The molecule has 0 amide bonds. The van der Waals surface area contributed by atoms with Crippen molar-refractivity contribution in [2.45, 2.75) is 26.3 Å². The van der Waals surface area contributed by atoms with Gasteiger partial charge in [0, 0.05) is 32.8 Å². The molecule has 0 aliphatic carbocycles. The number of nitrogens with zero attached hydrogens (tertiary/aromatic N) is 1. The van der Waals surface area contributed by atoms with Crippen molar-refractivity contribution in [2.24, 2.45) is 4.99 Å². The zero-order chi connectivity index (χ0) is 20.9. The quantitative estimate of drug-likeness (QED) is 0.345. The topological polar surface area (TPSA) is 64.1 Å². The Labute approximate surface area is 174 Å². The first-order chi connectivity index (χ1) is 14.2. The van der Waals surface area contributed by atoms with E-state index in [1.165, 1.54) is 11.1 Å². The molecular weight excluding hydrogens is 366 g/mol. The van der Waals surface area contributed by atoms with Crippen molar-refractivity contribution in [3.05, 3.63) is 59.2 Å². The van der Waals surface area contributed by atoms with Gasteiger partial charge in [-0.3, -0.25) is 4.99 Å². The molecule has 0 heterocycles. The number of ether oxygens (including phenoxy) is 3. The Morgan fingerprint density at radius 2 is 1.90 bits per heavy atom. The number of guanidine groups is 1. The molecule has 0 fully saturated rings. The van der Waals surface area contributed by atoms with E-state index in [0.717, 1.165) is 42.4 Å². The van der Waals surface area contributed by atoms with Crippen LogP contribution in [-0.4, -0.2) is 47.0 Å². The molecule has 0 aromatic heterocycles. The zero-order valence-corrected chi connectivity index (χ0v) is 18.0. The predicted molar refractivity (Wildman–Crippen MR) is 118 cm³/mol. The second-order valence-corrected chi connectivity index (χ2v) is 6.76. The van der Waals surface area contributed by atoms with Crippen molar-refractivity contribution in [1.29, 1.82) is 0 Å². The number of aliphatic imine (C=N–C) groups is 1. The molecule has 2 rings (SSSR count). The minimum Gasteiger partial charge on any atom is -0.497 e. The summed E-state index contributed by atoms with van der Waals surface area (Å²) in [5.41, 5.74) is 3.53. The maximum absolute atomic E-state index is 5.86. The van der Waals surface area contributed by atoms with E-state index in [2.05, 4.69) is 52.9 Å². The van der Waals surface area contributed by atoms with E-state index in [1.54, 1.807) is 21.3 Å². The van der Waals surface area contributed by atoms with Crippen molar-refractivity contribution in [2.75, 3.05) is 41.0 Å². The largest absolute Gasteiger partial charge is 0.497 e. The van der Waals surface area contributed by atoms with Crippen molar-refractivity contribution < 1.29 is 14.2 Å². The monoisotopic (exact) mass is 399 g/mol. The summed E-state index contributed by atoms with van der Waals surface area (Å²) in [5.74, 6) is 2.55. The molecule has 0 aliphatic rings. The van der Waals surface area contributed by atoms with Gasteiger partial charge in [-0.1, -0.05) is 24.3 Å². The normalized spacial score (nSPS) is 11.2. The van der Waals surface area contributed by atoms with Crippen LogP contribution in [0.1, 0.15) is 23.1 Å². The fourth-order valence-corrected chi connectivity index (χ4v) is 2.90. The zero-order valence-electron chi connectivity index (χ0n) is 18.0. The lowest BCUT2D eigenvalue weighted by molar-refractivity contribution is 0.145. The van der Waals surface area contributed by atoms with Gasteiger partial charge in [0.25, 0.3) is 0 Å². The van der Waals surface area contributed by atoms with Gasteiger partial charge in [0.15, 0.2) is 5.96 Å². The van der Waals surface area contributed by atoms with Crippen LogP contribution in [0.5, 0.6) is 11.5 Å². The molecule has 29 heavy (non-hydrogen) atoms. The summed E-state index contributed by atoms with van der Waals surface area (Å²) in [7, 11) is 5.15. The highest BCUT2D eigenvalue weighted by molar-refractivity contribution is 5.79. The van der Waals surface area contributed by atoms with Crippen LogP contribution >= 0.6 is 0 Å². The van der Waals surface area contributed by atoms with Crippen LogP contribution in [0.4, 0.5) is 0 Å². The Balaban J connectivity index is 1.80. The SMILES string of the molecule is CN=C(NCCCc1cccc(OC)c1)NCc1ccc(C)cc1OCCOC. The molecule has 0 unspecified atom stereocenters. The third-order valence-corrected chi connectivity index (χ3v) is 4.51. The minimum atomic E-state index is 0.532. The first-order valence-electron chi connectivity index (χ1n) is 9.95. The van der Waals surface area contributed by atoms with E-state index in [0.29, 0.717) is 19.8 Å². The molecule has 0 radical (unpaired) electrons. The van der Waals surface area contributed by atoms with Crippen LogP contribution in [0.25, 0.3) is 0 Å². The van der Waals surface area contributed by atoms with E-state index in [9.17, 15) is 0 Å². The Hall–Kier alpha value is -2.73. The number of rotatable bonds is 11. The third kappa shape index (κ3) is 8.03. The fraction of sp³-hybridized carbons (Fsp3) is 0.435. The number of hydrogen-bond donors (Lipinski definition) is 2. The van der Waals surface area contributed by atoms with Gasteiger partial charge in [-0.2, -0.15) is 0 Å². The Morgan fingerprint density at radius 3 is 2.66 bits per heavy atom. The molecule has 6 heteroatoms. The summed E-state index contributed by atoms with van der Waals surface area (Å²) in [6, 6.07) is 14.4. The fourth-order valence-electron chi connectivity index (χ4n) is 2.90. The third-order valence-electron chi connectivity index (χ3n) is 4.51. The van der Waals surface area contributed by atoms with Crippen LogP contribution in [0, 0.1) is 6.92 Å². The van der Waals surface area contributed by atoms with E-state index in [4.69, 9.17) is 14.2 Å². The van der Waals surface area contributed by atoms with Crippen molar-refractivity contribution >= 4 is 5.96 Å². The number of benzene rings is 2.